The Kier molecular flexibility index (Phi) is 5.22. The molecule has 3 N–H and O–H groups in total. The zero-order valence-corrected chi connectivity index (χ0v) is 12.3. The molecule has 3 nitrogen and oxygen atoms in total. The lowest BCUT2D eigenvalue weighted by atomic mass is 9.86. The molecule has 112 valence electrons. The Morgan fingerprint density at radius 1 is 1.30 bits per heavy atom. The van der Waals surface area contributed by atoms with E-state index in [4.69, 9.17) is 5.73 Å². The van der Waals surface area contributed by atoms with Crippen LogP contribution in [0, 0.1) is 17.0 Å². The fraction of sp³-hybridized carbons (Fsp3) is 0.533. The van der Waals surface area contributed by atoms with Crippen molar-refractivity contribution in [3.05, 3.63) is 35.4 Å². The van der Waals surface area contributed by atoms with Gasteiger partial charge in [0, 0.05) is 11.6 Å². The van der Waals surface area contributed by atoms with Crippen LogP contribution in [0.5, 0.6) is 0 Å². The molecular formula is C15H22F2N2O. The van der Waals surface area contributed by atoms with Gasteiger partial charge in [0.05, 0.1) is 6.04 Å². The summed E-state index contributed by atoms with van der Waals surface area (Å²) in [6, 6.07) is 2.65. The predicted molar refractivity (Wildman–Crippen MR) is 75.1 cm³/mol. The lowest BCUT2D eigenvalue weighted by molar-refractivity contribution is -0.125. The Bertz CT molecular complexity index is 463. The average Bonchev–Trinajstić information content (AvgIpc) is 2.31. The van der Waals surface area contributed by atoms with Crippen LogP contribution in [-0.4, -0.2) is 18.0 Å². The minimum atomic E-state index is -0.671. The average molecular weight is 284 g/mol. The molecule has 0 aliphatic carbocycles. The van der Waals surface area contributed by atoms with E-state index in [1.165, 1.54) is 18.2 Å². The lowest BCUT2D eigenvalue weighted by Gasteiger charge is -2.27. The third-order valence-corrected chi connectivity index (χ3v) is 3.18. The molecule has 0 saturated carbocycles. The Morgan fingerprint density at radius 2 is 1.80 bits per heavy atom. The number of carbonyl (C=O) groups excluding carboxylic acids is 1. The molecule has 2 unspecified atom stereocenters. The molecule has 1 aromatic carbocycles. The molecule has 2 atom stereocenters. The molecule has 0 fully saturated rings. The van der Waals surface area contributed by atoms with Crippen molar-refractivity contribution in [2.75, 3.05) is 0 Å². The summed E-state index contributed by atoms with van der Waals surface area (Å²) in [6.07, 6.45) is 0.0844. The first-order valence-electron chi connectivity index (χ1n) is 6.61. The van der Waals surface area contributed by atoms with E-state index in [1.54, 1.807) is 6.92 Å². The minimum Gasteiger partial charge on any atom is -0.352 e. The maximum atomic E-state index is 13.5. The van der Waals surface area contributed by atoms with Gasteiger partial charge in [-0.15, -0.1) is 0 Å². The van der Waals surface area contributed by atoms with Crippen LogP contribution in [0.1, 0.15) is 33.3 Å². The van der Waals surface area contributed by atoms with E-state index in [9.17, 15) is 13.6 Å². The first-order valence-corrected chi connectivity index (χ1v) is 6.61. The normalized spacial score (nSPS) is 14.8. The fourth-order valence-corrected chi connectivity index (χ4v) is 1.81. The predicted octanol–water partition coefficient (Wildman–Crippen LogP) is 2.39. The van der Waals surface area contributed by atoms with E-state index in [2.05, 4.69) is 5.32 Å². The number of amides is 1. The standard InChI is InChI=1S/C15H22F2N2O/c1-9(19-14(20)13(18)15(2,3)4)8-10-11(16)6-5-7-12(10)17/h5-7,9,13H,8,18H2,1-4H3,(H,19,20). The summed E-state index contributed by atoms with van der Waals surface area (Å²) in [5.74, 6) is -1.53. The summed E-state index contributed by atoms with van der Waals surface area (Å²) in [5, 5.41) is 2.69. The third-order valence-electron chi connectivity index (χ3n) is 3.18. The maximum Gasteiger partial charge on any atom is 0.237 e. The number of rotatable bonds is 4. The largest absolute Gasteiger partial charge is 0.352 e. The molecule has 1 amide bonds. The first-order chi connectivity index (χ1) is 9.12. The highest BCUT2D eigenvalue weighted by molar-refractivity contribution is 5.82. The van der Waals surface area contributed by atoms with Crippen molar-refractivity contribution in [1.29, 1.82) is 0 Å². The molecule has 0 radical (unpaired) electrons. The summed E-state index contributed by atoms with van der Waals surface area (Å²) in [6.45, 7) is 7.27. The molecule has 5 heteroatoms. The number of hydrogen-bond donors (Lipinski definition) is 2. The highest BCUT2D eigenvalue weighted by atomic mass is 19.1. The van der Waals surface area contributed by atoms with Gasteiger partial charge in [-0.1, -0.05) is 26.8 Å². The van der Waals surface area contributed by atoms with Crippen LogP contribution < -0.4 is 11.1 Å². The van der Waals surface area contributed by atoms with Crippen LogP contribution in [0.15, 0.2) is 18.2 Å². The van der Waals surface area contributed by atoms with Crippen molar-refractivity contribution >= 4 is 5.91 Å². The molecule has 1 rings (SSSR count). The van der Waals surface area contributed by atoms with Gasteiger partial charge in [0.1, 0.15) is 11.6 Å². The highest BCUT2D eigenvalue weighted by Gasteiger charge is 2.28. The van der Waals surface area contributed by atoms with Gasteiger partial charge < -0.3 is 11.1 Å². The van der Waals surface area contributed by atoms with Crippen LogP contribution in [0.2, 0.25) is 0 Å². The van der Waals surface area contributed by atoms with Crippen LogP contribution >= 0.6 is 0 Å². The zero-order valence-electron chi connectivity index (χ0n) is 12.3. The van der Waals surface area contributed by atoms with Crippen LogP contribution in [0.4, 0.5) is 8.78 Å². The quantitative estimate of drug-likeness (QED) is 0.892. The summed E-state index contributed by atoms with van der Waals surface area (Å²) < 4.78 is 27.0. The number of benzene rings is 1. The number of carbonyl (C=O) groups is 1. The topological polar surface area (TPSA) is 55.1 Å². The van der Waals surface area contributed by atoms with Gasteiger partial charge in [-0.2, -0.15) is 0 Å². The Morgan fingerprint density at radius 3 is 2.25 bits per heavy atom. The molecule has 0 heterocycles. The second kappa shape index (κ2) is 6.31. The molecular weight excluding hydrogens is 262 g/mol. The van der Waals surface area contributed by atoms with Crippen molar-refractivity contribution < 1.29 is 13.6 Å². The zero-order chi connectivity index (χ0) is 15.5. The maximum absolute atomic E-state index is 13.5. The Balaban J connectivity index is 2.69. The summed E-state index contributed by atoms with van der Waals surface area (Å²) in [7, 11) is 0. The van der Waals surface area contributed by atoms with Gasteiger partial charge in [0.2, 0.25) is 5.91 Å². The second-order valence-electron chi connectivity index (χ2n) is 6.16. The van der Waals surface area contributed by atoms with Crippen molar-refractivity contribution in [3.8, 4) is 0 Å². The highest BCUT2D eigenvalue weighted by Crippen LogP contribution is 2.18. The van der Waals surface area contributed by atoms with E-state index < -0.39 is 23.7 Å². The molecule has 0 aliphatic rings. The third kappa shape index (κ3) is 4.27. The van der Waals surface area contributed by atoms with E-state index in [0.717, 1.165) is 0 Å². The van der Waals surface area contributed by atoms with Crippen molar-refractivity contribution in [3.63, 3.8) is 0 Å². The molecule has 1 aromatic rings. The van der Waals surface area contributed by atoms with Gasteiger partial charge in [-0.25, -0.2) is 8.78 Å². The van der Waals surface area contributed by atoms with Crippen LogP contribution in [-0.2, 0) is 11.2 Å². The summed E-state index contributed by atoms with van der Waals surface area (Å²) >= 11 is 0. The van der Waals surface area contributed by atoms with Crippen LogP contribution in [0.25, 0.3) is 0 Å². The Labute approximate surface area is 118 Å². The molecule has 0 saturated heterocycles. The summed E-state index contributed by atoms with van der Waals surface area (Å²) in [4.78, 5) is 11.9. The first kappa shape index (κ1) is 16.6. The molecule has 0 aliphatic heterocycles. The summed E-state index contributed by atoms with van der Waals surface area (Å²) in [5.41, 5.74) is 5.44. The van der Waals surface area contributed by atoms with Crippen molar-refractivity contribution in [1.82, 2.24) is 5.32 Å². The van der Waals surface area contributed by atoms with Gasteiger partial charge in [-0.3, -0.25) is 4.79 Å². The molecule has 0 aromatic heterocycles. The van der Waals surface area contributed by atoms with Crippen molar-refractivity contribution in [2.45, 2.75) is 46.2 Å². The SMILES string of the molecule is CC(Cc1c(F)cccc1F)NC(=O)C(N)C(C)(C)C. The molecule has 20 heavy (non-hydrogen) atoms. The number of halogens is 2. The smallest absolute Gasteiger partial charge is 0.237 e. The van der Waals surface area contributed by atoms with E-state index in [0.29, 0.717) is 0 Å². The number of hydrogen-bond acceptors (Lipinski definition) is 2. The van der Waals surface area contributed by atoms with E-state index in [1.807, 2.05) is 20.8 Å². The van der Waals surface area contributed by atoms with Crippen molar-refractivity contribution in [2.24, 2.45) is 11.1 Å². The fourth-order valence-electron chi connectivity index (χ4n) is 1.81. The number of nitrogens with two attached hydrogens (primary N) is 1. The second-order valence-corrected chi connectivity index (χ2v) is 6.16. The number of nitrogens with one attached hydrogen (secondary N) is 1. The van der Waals surface area contributed by atoms with E-state index in [-0.39, 0.29) is 23.3 Å². The lowest BCUT2D eigenvalue weighted by Crippen LogP contribution is -2.51. The van der Waals surface area contributed by atoms with Gasteiger partial charge in [0.15, 0.2) is 0 Å². The minimum absolute atomic E-state index is 0.0235. The Hall–Kier alpha value is -1.49. The molecule has 0 bridgehead atoms. The van der Waals surface area contributed by atoms with Gasteiger partial charge in [0.25, 0.3) is 0 Å². The van der Waals surface area contributed by atoms with Gasteiger partial charge >= 0.3 is 0 Å². The van der Waals surface area contributed by atoms with E-state index >= 15 is 0 Å². The van der Waals surface area contributed by atoms with Gasteiger partial charge in [-0.05, 0) is 30.9 Å². The molecule has 0 spiro atoms. The monoisotopic (exact) mass is 284 g/mol. The van der Waals surface area contributed by atoms with Crippen LogP contribution in [0.3, 0.4) is 0 Å².